The molecule has 0 aliphatic carbocycles. The first-order chi connectivity index (χ1) is 12.5. The smallest absolute Gasteiger partial charge is 0.315 e. The molecular formula is C20H24FN3O2. The van der Waals surface area contributed by atoms with Crippen LogP contribution in [0.25, 0.3) is 0 Å². The molecule has 0 saturated heterocycles. The monoisotopic (exact) mass is 357 g/mol. The van der Waals surface area contributed by atoms with E-state index in [1.165, 1.54) is 6.07 Å². The number of carbonyl (C=O) groups excluding carboxylic acids is 2. The summed E-state index contributed by atoms with van der Waals surface area (Å²) in [4.78, 5) is 24.5. The third-order valence-electron chi connectivity index (χ3n) is 3.94. The van der Waals surface area contributed by atoms with Crippen molar-refractivity contribution in [1.29, 1.82) is 0 Å². The lowest BCUT2D eigenvalue weighted by molar-refractivity contribution is -0.124. The molecular weight excluding hydrogens is 333 g/mol. The molecule has 0 aliphatic heterocycles. The molecule has 3 N–H and O–H groups in total. The molecule has 2 rings (SSSR count). The fourth-order valence-corrected chi connectivity index (χ4v) is 2.44. The van der Waals surface area contributed by atoms with Crippen molar-refractivity contribution in [2.75, 3.05) is 0 Å². The maximum atomic E-state index is 13.6. The van der Waals surface area contributed by atoms with Crippen LogP contribution < -0.4 is 16.0 Å². The van der Waals surface area contributed by atoms with Crippen LogP contribution in [-0.4, -0.2) is 18.0 Å². The average molecular weight is 357 g/mol. The van der Waals surface area contributed by atoms with Crippen molar-refractivity contribution in [3.63, 3.8) is 0 Å². The molecule has 0 aliphatic rings. The molecule has 1 unspecified atom stereocenters. The first-order valence-corrected chi connectivity index (χ1v) is 8.56. The Balaban J connectivity index is 1.87. The van der Waals surface area contributed by atoms with E-state index in [0.717, 1.165) is 5.56 Å². The average Bonchev–Trinajstić information content (AvgIpc) is 2.64. The van der Waals surface area contributed by atoms with Crippen LogP contribution in [0.1, 0.15) is 25.0 Å². The van der Waals surface area contributed by atoms with Gasteiger partial charge >= 0.3 is 6.03 Å². The highest BCUT2D eigenvalue weighted by Crippen LogP contribution is 2.07. The van der Waals surface area contributed by atoms with Crippen molar-refractivity contribution >= 4 is 11.9 Å². The van der Waals surface area contributed by atoms with Crippen molar-refractivity contribution in [3.05, 3.63) is 71.5 Å². The second-order valence-corrected chi connectivity index (χ2v) is 6.34. The Morgan fingerprint density at radius 1 is 0.923 bits per heavy atom. The molecule has 0 bridgehead atoms. The highest BCUT2D eigenvalue weighted by atomic mass is 19.1. The van der Waals surface area contributed by atoms with Gasteiger partial charge in [-0.25, -0.2) is 9.18 Å². The van der Waals surface area contributed by atoms with Gasteiger partial charge in [-0.1, -0.05) is 62.4 Å². The van der Waals surface area contributed by atoms with Gasteiger partial charge in [0.1, 0.15) is 11.9 Å². The molecule has 2 aromatic rings. The second kappa shape index (κ2) is 9.56. The predicted molar refractivity (Wildman–Crippen MR) is 98.7 cm³/mol. The van der Waals surface area contributed by atoms with E-state index in [-0.39, 0.29) is 24.2 Å². The summed E-state index contributed by atoms with van der Waals surface area (Å²) in [7, 11) is 0. The zero-order chi connectivity index (χ0) is 18.9. The lowest BCUT2D eigenvalue weighted by Crippen LogP contribution is -2.52. The Bertz CT molecular complexity index is 735. The first kappa shape index (κ1) is 19.4. The van der Waals surface area contributed by atoms with Gasteiger partial charge in [-0.2, -0.15) is 0 Å². The number of rotatable bonds is 7. The number of halogens is 1. The van der Waals surface area contributed by atoms with E-state index in [0.29, 0.717) is 12.1 Å². The van der Waals surface area contributed by atoms with Crippen LogP contribution in [0.3, 0.4) is 0 Å². The minimum Gasteiger partial charge on any atom is -0.350 e. The Labute approximate surface area is 153 Å². The summed E-state index contributed by atoms with van der Waals surface area (Å²) >= 11 is 0. The largest absolute Gasteiger partial charge is 0.350 e. The number of carbonyl (C=O) groups is 2. The third kappa shape index (κ3) is 5.88. The third-order valence-corrected chi connectivity index (χ3v) is 3.94. The van der Waals surface area contributed by atoms with Gasteiger partial charge in [0.25, 0.3) is 0 Å². The normalized spacial score (nSPS) is 11.7. The zero-order valence-corrected chi connectivity index (χ0v) is 15.0. The van der Waals surface area contributed by atoms with Crippen molar-refractivity contribution in [1.82, 2.24) is 16.0 Å². The molecule has 0 aromatic heterocycles. The van der Waals surface area contributed by atoms with Gasteiger partial charge in [-0.05, 0) is 17.5 Å². The van der Waals surface area contributed by atoms with E-state index in [1.54, 1.807) is 18.2 Å². The molecule has 26 heavy (non-hydrogen) atoms. The van der Waals surface area contributed by atoms with Crippen LogP contribution in [0, 0.1) is 11.7 Å². The molecule has 5 nitrogen and oxygen atoms in total. The van der Waals surface area contributed by atoms with Crippen molar-refractivity contribution < 1.29 is 14.0 Å². The van der Waals surface area contributed by atoms with Crippen molar-refractivity contribution in [3.8, 4) is 0 Å². The topological polar surface area (TPSA) is 70.2 Å². The molecule has 1 atom stereocenters. The van der Waals surface area contributed by atoms with Crippen LogP contribution in [0.2, 0.25) is 0 Å². The van der Waals surface area contributed by atoms with Gasteiger partial charge in [-0.15, -0.1) is 0 Å². The summed E-state index contributed by atoms with van der Waals surface area (Å²) in [6.45, 7) is 4.12. The van der Waals surface area contributed by atoms with Gasteiger partial charge in [0.05, 0.1) is 0 Å². The van der Waals surface area contributed by atoms with E-state index in [4.69, 9.17) is 0 Å². The molecule has 6 heteroatoms. The summed E-state index contributed by atoms with van der Waals surface area (Å²) in [6.07, 6.45) is 0. The van der Waals surface area contributed by atoms with Gasteiger partial charge < -0.3 is 16.0 Å². The van der Waals surface area contributed by atoms with Crippen molar-refractivity contribution in [2.24, 2.45) is 5.92 Å². The SMILES string of the molecule is CC(C)C(NC(=O)NCc1ccccc1)C(=O)NCc1ccccc1F. The van der Waals surface area contributed by atoms with Gasteiger partial charge in [0, 0.05) is 18.7 Å². The van der Waals surface area contributed by atoms with E-state index in [2.05, 4.69) is 16.0 Å². The van der Waals surface area contributed by atoms with Crippen LogP contribution in [0.4, 0.5) is 9.18 Å². The van der Waals surface area contributed by atoms with Gasteiger partial charge in [-0.3, -0.25) is 4.79 Å². The highest BCUT2D eigenvalue weighted by molar-refractivity contribution is 5.87. The zero-order valence-electron chi connectivity index (χ0n) is 15.0. The molecule has 2 aromatic carbocycles. The second-order valence-electron chi connectivity index (χ2n) is 6.34. The van der Waals surface area contributed by atoms with Crippen molar-refractivity contribution in [2.45, 2.75) is 33.0 Å². The number of benzene rings is 2. The van der Waals surface area contributed by atoms with E-state index in [9.17, 15) is 14.0 Å². The lowest BCUT2D eigenvalue weighted by Gasteiger charge is -2.22. The highest BCUT2D eigenvalue weighted by Gasteiger charge is 2.24. The van der Waals surface area contributed by atoms with Crippen LogP contribution in [-0.2, 0) is 17.9 Å². The molecule has 138 valence electrons. The maximum absolute atomic E-state index is 13.6. The molecule has 3 amide bonds. The lowest BCUT2D eigenvalue weighted by atomic mass is 10.0. The molecule has 0 radical (unpaired) electrons. The number of amides is 3. The predicted octanol–water partition coefficient (Wildman–Crippen LogP) is 2.97. The number of urea groups is 1. The Hall–Kier alpha value is -2.89. The Morgan fingerprint density at radius 3 is 2.23 bits per heavy atom. The van der Waals surface area contributed by atoms with Gasteiger partial charge in [0.15, 0.2) is 0 Å². The summed E-state index contributed by atoms with van der Waals surface area (Å²) in [5.41, 5.74) is 1.37. The summed E-state index contributed by atoms with van der Waals surface area (Å²) in [6, 6.07) is 14.6. The van der Waals surface area contributed by atoms with Crippen LogP contribution in [0.15, 0.2) is 54.6 Å². The summed E-state index contributed by atoms with van der Waals surface area (Å²) < 4.78 is 13.6. The van der Waals surface area contributed by atoms with E-state index < -0.39 is 12.1 Å². The summed E-state index contributed by atoms with van der Waals surface area (Å²) in [5.74, 6) is -0.835. The van der Waals surface area contributed by atoms with E-state index in [1.807, 2.05) is 44.2 Å². The molecule has 0 saturated carbocycles. The van der Waals surface area contributed by atoms with E-state index >= 15 is 0 Å². The number of nitrogens with one attached hydrogen (secondary N) is 3. The Kier molecular flexibility index (Phi) is 7.14. The number of hydrogen-bond acceptors (Lipinski definition) is 2. The van der Waals surface area contributed by atoms with Crippen LogP contribution >= 0.6 is 0 Å². The summed E-state index contributed by atoms with van der Waals surface area (Å²) in [5, 5.41) is 8.09. The standard InChI is InChI=1S/C20H24FN3O2/c1-14(2)18(19(25)22-13-16-10-6-7-11-17(16)21)24-20(26)23-12-15-8-4-3-5-9-15/h3-11,14,18H,12-13H2,1-2H3,(H,22,25)(H2,23,24,26). The molecule has 0 fully saturated rings. The first-order valence-electron chi connectivity index (χ1n) is 8.56. The molecule has 0 heterocycles. The molecule has 0 spiro atoms. The fraction of sp³-hybridized carbons (Fsp3) is 0.300. The minimum absolute atomic E-state index is 0.0715. The van der Waals surface area contributed by atoms with Crippen LogP contribution in [0.5, 0.6) is 0 Å². The van der Waals surface area contributed by atoms with Gasteiger partial charge in [0.2, 0.25) is 5.91 Å². The quantitative estimate of drug-likeness (QED) is 0.713. The maximum Gasteiger partial charge on any atom is 0.315 e. The number of hydrogen-bond donors (Lipinski definition) is 3. The fourth-order valence-electron chi connectivity index (χ4n) is 2.44. The Morgan fingerprint density at radius 2 is 1.58 bits per heavy atom. The minimum atomic E-state index is -0.711.